The second kappa shape index (κ2) is 10.1. The predicted molar refractivity (Wildman–Crippen MR) is 135 cm³/mol. The molecule has 0 bridgehead atoms. The standard InChI is InChI=1S/C27H32N4O2/c1-19-7-6-10-25(20(19)2)29-26(32)18-30-13-15-31(16-14-30)21(3)27(33)28-24-12-11-22-8-4-5-9-23(22)17-24/h4-12,17,21H,13-16,18H2,1-3H3,(H,28,33)(H,29,32). The Morgan fingerprint density at radius 1 is 0.879 bits per heavy atom. The number of carbonyl (C=O) groups is 2. The van der Waals surface area contributed by atoms with Crippen molar-refractivity contribution in [1.29, 1.82) is 0 Å². The van der Waals surface area contributed by atoms with Crippen molar-refractivity contribution in [2.45, 2.75) is 26.8 Å². The molecular formula is C27H32N4O2. The lowest BCUT2D eigenvalue weighted by atomic mass is 10.1. The minimum absolute atomic E-state index is 0.000698. The van der Waals surface area contributed by atoms with E-state index < -0.39 is 0 Å². The molecule has 0 spiro atoms. The fourth-order valence-corrected chi connectivity index (χ4v) is 4.27. The molecule has 1 fully saturated rings. The Hall–Kier alpha value is -3.22. The number of benzene rings is 3. The monoisotopic (exact) mass is 444 g/mol. The number of rotatable bonds is 6. The molecule has 4 rings (SSSR count). The summed E-state index contributed by atoms with van der Waals surface area (Å²) in [5, 5.41) is 8.35. The van der Waals surface area contributed by atoms with Gasteiger partial charge in [0.2, 0.25) is 11.8 Å². The highest BCUT2D eigenvalue weighted by Gasteiger charge is 2.26. The molecule has 0 aliphatic carbocycles. The molecule has 172 valence electrons. The Kier molecular flexibility index (Phi) is 7.06. The molecule has 33 heavy (non-hydrogen) atoms. The van der Waals surface area contributed by atoms with Gasteiger partial charge < -0.3 is 10.6 Å². The lowest BCUT2D eigenvalue weighted by molar-refractivity contribution is -0.122. The first kappa shape index (κ1) is 23.0. The zero-order valence-corrected chi connectivity index (χ0v) is 19.6. The van der Waals surface area contributed by atoms with E-state index in [0.717, 1.165) is 59.5 Å². The number of hydrogen-bond acceptors (Lipinski definition) is 4. The Labute approximate surface area is 195 Å². The van der Waals surface area contributed by atoms with E-state index in [1.54, 1.807) is 0 Å². The zero-order chi connectivity index (χ0) is 23.4. The summed E-state index contributed by atoms with van der Waals surface area (Å²) in [6.45, 7) is 9.39. The molecule has 6 nitrogen and oxygen atoms in total. The Morgan fingerprint density at radius 2 is 1.61 bits per heavy atom. The zero-order valence-electron chi connectivity index (χ0n) is 19.6. The highest BCUT2D eigenvalue weighted by molar-refractivity contribution is 5.97. The van der Waals surface area contributed by atoms with Crippen LogP contribution in [0, 0.1) is 13.8 Å². The van der Waals surface area contributed by atoms with Gasteiger partial charge in [0, 0.05) is 37.6 Å². The molecule has 0 aromatic heterocycles. The summed E-state index contributed by atoms with van der Waals surface area (Å²) in [5.74, 6) is -0.00866. The number of piperazine rings is 1. The summed E-state index contributed by atoms with van der Waals surface area (Å²) in [4.78, 5) is 29.7. The number of hydrogen-bond donors (Lipinski definition) is 2. The van der Waals surface area contributed by atoms with Crippen molar-refractivity contribution in [2.75, 3.05) is 43.4 Å². The van der Waals surface area contributed by atoms with E-state index in [1.165, 1.54) is 0 Å². The van der Waals surface area contributed by atoms with Gasteiger partial charge in [-0.25, -0.2) is 0 Å². The van der Waals surface area contributed by atoms with Gasteiger partial charge in [0.25, 0.3) is 0 Å². The van der Waals surface area contributed by atoms with Gasteiger partial charge in [-0.2, -0.15) is 0 Å². The van der Waals surface area contributed by atoms with Crippen molar-refractivity contribution in [3.63, 3.8) is 0 Å². The maximum absolute atomic E-state index is 12.8. The Bertz CT molecular complexity index is 1150. The summed E-state index contributed by atoms with van der Waals surface area (Å²) in [6.07, 6.45) is 0. The van der Waals surface area contributed by atoms with Crippen LogP contribution in [0.15, 0.2) is 60.7 Å². The molecule has 1 aliphatic heterocycles. The highest BCUT2D eigenvalue weighted by Crippen LogP contribution is 2.20. The van der Waals surface area contributed by atoms with E-state index in [9.17, 15) is 9.59 Å². The van der Waals surface area contributed by atoms with E-state index in [-0.39, 0.29) is 17.9 Å². The van der Waals surface area contributed by atoms with E-state index in [1.807, 2.05) is 75.4 Å². The number of fused-ring (bicyclic) bond motifs is 1. The molecule has 0 saturated carbocycles. The molecule has 6 heteroatoms. The third-order valence-electron chi connectivity index (χ3n) is 6.60. The maximum Gasteiger partial charge on any atom is 0.241 e. The number of nitrogens with one attached hydrogen (secondary N) is 2. The van der Waals surface area contributed by atoms with E-state index >= 15 is 0 Å². The van der Waals surface area contributed by atoms with Crippen LogP contribution in [0.4, 0.5) is 11.4 Å². The van der Waals surface area contributed by atoms with Crippen LogP contribution >= 0.6 is 0 Å². The average Bonchev–Trinajstić information content (AvgIpc) is 2.82. The van der Waals surface area contributed by atoms with Gasteiger partial charge in [-0.05, 0) is 60.9 Å². The highest BCUT2D eigenvalue weighted by atomic mass is 16.2. The molecule has 3 aromatic carbocycles. The third-order valence-corrected chi connectivity index (χ3v) is 6.60. The van der Waals surface area contributed by atoms with E-state index in [2.05, 4.69) is 26.5 Å². The van der Waals surface area contributed by atoms with E-state index in [4.69, 9.17) is 0 Å². The lowest BCUT2D eigenvalue weighted by Crippen LogP contribution is -2.53. The summed E-state index contributed by atoms with van der Waals surface area (Å²) >= 11 is 0. The first-order valence-corrected chi connectivity index (χ1v) is 11.5. The van der Waals surface area contributed by atoms with Gasteiger partial charge in [0.1, 0.15) is 0 Å². The van der Waals surface area contributed by atoms with Gasteiger partial charge >= 0.3 is 0 Å². The smallest absolute Gasteiger partial charge is 0.241 e. The summed E-state index contributed by atoms with van der Waals surface area (Å²) in [5.41, 5.74) is 3.95. The second-order valence-electron chi connectivity index (χ2n) is 8.83. The van der Waals surface area contributed by atoms with E-state index in [0.29, 0.717) is 6.54 Å². The molecule has 1 aliphatic rings. The molecule has 2 N–H and O–H groups in total. The average molecular weight is 445 g/mol. The first-order valence-electron chi connectivity index (χ1n) is 11.5. The van der Waals surface area contributed by atoms with Crippen molar-refractivity contribution >= 4 is 34.0 Å². The van der Waals surface area contributed by atoms with Crippen LogP contribution in [0.2, 0.25) is 0 Å². The van der Waals surface area contributed by atoms with Crippen molar-refractivity contribution in [2.24, 2.45) is 0 Å². The van der Waals surface area contributed by atoms with Crippen LogP contribution in [-0.4, -0.2) is 60.4 Å². The van der Waals surface area contributed by atoms with Crippen molar-refractivity contribution < 1.29 is 9.59 Å². The van der Waals surface area contributed by atoms with Crippen LogP contribution in [0.1, 0.15) is 18.1 Å². The first-order chi connectivity index (χ1) is 15.9. The van der Waals surface area contributed by atoms with Crippen molar-refractivity contribution in [3.05, 3.63) is 71.8 Å². The van der Waals surface area contributed by atoms with Crippen LogP contribution in [0.3, 0.4) is 0 Å². The molecule has 1 atom stereocenters. The molecule has 2 amide bonds. The minimum atomic E-state index is -0.234. The SMILES string of the molecule is Cc1cccc(NC(=O)CN2CCN(C(C)C(=O)Nc3ccc4ccccc4c3)CC2)c1C. The van der Waals surface area contributed by atoms with Gasteiger partial charge in [0.05, 0.1) is 12.6 Å². The summed E-state index contributed by atoms with van der Waals surface area (Å²) < 4.78 is 0. The molecule has 0 radical (unpaired) electrons. The Balaban J connectivity index is 1.26. The number of anilines is 2. The number of carbonyl (C=O) groups excluding carboxylic acids is 2. The van der Waals surface area contributed by atoms with Crippen LogP contribution in [-0.2, 0) is 9.59 Å². The van der Waals surface area contributed by atoms with Gasteiger partial charge in [-0.15, -0.1) is 0 Å². The maximum atomic E-state index is 12.8. The minimum Gasteiger partial charge on any atom is -0.325 e. The molecule has 1 saturated heterocycles. The predicted octanol–water partition coefficient (Wildman–Crippen LogP) is 4.04. The normalized spacial score (nSPS) is 15.8. The quantitative estimate of drug-likeness (QED) is 0.602. The fraction of sp³-hybridized carbons (Fsp3) is 0.333. The summed E-state index contributed by atoms with van der Waals surface area (Å²) in [6, 6.07) is 19.8. The fourth-order valence-electron chi connectivity index (χ4n) is 4.27. The van der Waals surface area contributed by atoms with Crippen molar-refractivity contribution in [1.82, 2.24) is 9.80 Å². The Morgan fingerprint density at radius 3 is 2.36 bits per heavy atom. The molecular weight excluding hydrogens is 412 g/mol. The van der Waals surface area contributed by atoms with Crippen molar-refractivity contribution in [3.8, 4) is 0 Å². The number of aryl methyl sites for hydroxylation is 1. The molecule has 1 heterocycles. The van der Waals surface area contributed by atoms with Crippen LogP contribution in [0.25, 0.3) is 10.8 Å². The molecule has 3 aromatic rings. The number of amides is 2. The summed E-state index contributed by atoms with van der Waals surface area (Å²) in [7, 11) is 0. The van der Waals surface area contributed by atoms with Crippen LogP contribution in [0.5, 0.6) is 0 Å². The molecule has 1 unspecified atom stereocenters. The topological polar surface area (TPSA) is 64.7 Å². The largest absolute Gasteiger partial charge is 0.325 e. The second-order valence-corrected chi connectivity index (χ2v) is 8.83. The van der Waals surface area contributed by atoms with Gasteiger partial charge in [-0.3, -0.25) is 19.4 Å². The lowest BCUT2D eigenvalue weighted by Gasteiger charge is -2.37. The van der Waals surface area contributed by atoms with Gasteiger partial charge in [0.15, 0.2) is 0 Å². The number of nitrogens with zero attached hydrogens (tertiary/aromatic N) is 2. The third kappa shape index (κ3) is 5.59. The van der Waals surface area contributed by atoms with Crippen LogP contribution < -0.4 is 10.6 Å². The van der Waals surface area contributed by atoms with Gasteiger partial charge in [-0.1, -0.05) is 42.5 Å².